The predicted octanol–water partition coefficient (Wildman–Crippen LogP) is 4.68. The summed E-state index contributed by atoms with van der Waals surface area (Å²) < 4.78 is 12.8. The van der Waals surface area contributed by atoms with Gasteiger partial charge in [0.15, 0.2) is 16.7 Å². The number of rotatable bonds is 5. The Morgan fingerprint density at radius 2 is 1.90 bits per heavy atom. The van der Waals surface area contributed by atoms with Gasteiger partial charge in [0.05, 0.1) is 12.8 Å². The molecule has 0 atom stereocenters. The Kier molecular flexibility index (Phi) is 4.78. The molecule has 8 heteroatoms. The van der Waals surface area contributed by atoms with Crippen molar-refractivity contribution in [2.45, 2.75) is 12.7 Å². The number of methoxy groups -OCH3 is 1. The molecule has 2 aromatic carbocycles. The number of ether oxygens (including phenoxy) is 1. The van der Waals surface area contributed by atoms with E-state index in [1.165, 1.54) is 4.52 Å². The summed E-state index contributed by atoms with van der Waals surface area (Å²) in [5.74, 6) is 1.38. The van der Waals surface area contributed by atoms with E-state index in [1.807, 2.05) is 55.6 Å². The number of para-hydroxylation sites is 1. The maximum absolute atomic E-state index is 13.6. The Balaban J connectivity index is 1.81. The molecule has 0 aliphatic carbocycles. The number of hydrogen-bond acceptors (Lipinski definition) is 6. The second kappa shape index (κ2) is 7.63. The van der Waals surface area contributed by atoms with E-state index < -0.39 is 0 Å². The van der Waals surface area contributed by atoms with Gasteiger partial charge < -0.3 is 9.15 Å². The first kappa shape index (κ1) is 19.4. The average Bonchev–Trinajstić information content (AvgIpc) is 3.35. The number of hydrogen-bond donors (Lipinski definition) is 1. The minimum absolute atomic E-state index is 0.240. The van der Waals surface area contributed by atoms with Gasteiger partial charge >= 0.3 is 0 Å². The lowest BCUT2D eigenvalue weighted by Crippen LogP contribution is -2.20. The highest BCUT2D eigenvalue weighted by Crippen LogP contribution is 2.32. The van der Waals surface area contributed by atoms with Crippen molar-refractivity contribution in [2.24, 2.45) is 0 Å². The van der Waals surface area contributed by atoms with Crippen LogP contribution >= 0.6 is 11.8 Å². The Bertz CT molecular complexity index is 1470. The summed E-state index contributed by atoms with van der Waals surface area (Å²) in [6.45, 7) is 1.94. The molecule has 0 aliphatic rings. The molecule has 5 aromatic rings. The summed E-state index contributed by atoms with van der Waals surface area (Å²) in [5.41, 5.74) is 5.24. The van der Waals surface area contributed by atoms with Gasteiger partial charge in [-0.25, -0.2) is 14.5 Å². The van der Waals surface area contributed by atoms with Crippen LogP contribution in [0.3, 0.4) is 0 Å². The van der Waals surface area contributed by atoms with Crippen LogP contribution in [-0.4, -0.2) is 32.9 Å². The first-order valence-corrected chi connectivity index (χ1v) is 11.1. The quantitative estimate of drug-likeness (QED) is 0.434. The molecule has 0 spiro atoms. The largest absolute Gasteiger partial charge is 0.494 e. The molecule has 0 unspecified atom stereocenters. The van der Waals surface area contributed by atoms with E-state index in [0.717, 1.165) is 16.8 Å². The third-order valence-electron chi connectivity index (χ3n) is 5.20. The van der Waals surface area contributed by atoms with Crippen LogP contribution in [0.1, 0.15) is 11.4 Å². The predicted molar refractivity (Wildman–Crippen MR) is 123 cm³/mol. The summed E-state index contributed by atoms with van der Waals surface area (Å²) in [4.78, 5) is 23.1. The molecule has 31 heavy (non-hydrogen) atoms. The summed E-state index contributed by atoms with van der Waals surface area (Å²) in [7, 11) is 1.58. The number of aryl methyl sites for hydroxylation is 1. The molecular weight excluding hydrogens is 412 g/mol. The van der Waals surface area contributed by atoms with Gasteiger partial charge in [-0.2, -0.15) is 11.8 Å². The summed E-state index contributed by atoms with van der Waals surface area (Å²) >= 11 is 1.59. The molecule has 1 N–H and O–H groups in total. The van der Waals surface area contributed by atoms with Crippen LogP contribution in [0.15, 0.2) is 57.7 Å². The fraction of sp³-hybridized carbons (Fsp3) is 0.174. The molecule has 5 rings (SSSR count). The number of benzene rings is 2. The standard InChI is InChI=1S/C23H20N4O3S/c1-13-18(14-8-5-4-6-9-14)21-24-15(12-31-3)19(23(28)27(21)26-13)22-25-20-16(29-2)10-7-11-17(20)30-22/h4-11,26H,12H2,1-3H3. The number of nitrogens with zero attached hydrogens (tertiary/aromatic N) is 3. The van der Waals surface area contributed by atoms with Crippen molar-refractivity contribution in [3.05, 3.63) is 70.3 Å². The normalized spacial score (nSPS) is 11.5. The smallest absolute Gasteiger partial charge is 0.285 e. The lowest BCUT2D eigenvalue weighted by Gasteiger charge is -2.06. The molecule has 156 valence electrons. The third kappa shape index (κ3) is 3.11. The van der Waals surface area contributed by atoms with Crippen LogP contribution < -0.4 is 10.3 Å². The van der Waals surface area contributed by atoms with Gasteiger partial charge in [-0.1, -0.05) is 36.4 Å². The average molecular weight is 433 g/mol. The summed E-state index contributed by atoms with van der Waals surface area (Å²) in [6, 6.07) is 15.4. The van der Waals surface area contributed by atoms with E-state index in [1.54, 1.807) is 24.9 Å². The Labute approximate surface area is 182 Å². The van der Waals surface area contributed by atoms with Gasteiger partial charge in [-0.3, -0.25) is 9.89 Å². The maximum atomic E-state index is 13.6. The van der Waals surface area contributed by atoms with Crippen molar-refractivity contribution >= 4 is 28.5 Å². The van der Waals surface area contributed by atoms with E-state index in [4.69, 9.17) is 14.1 Å². The zero-order valence-electron chi connectivity index (χ0n) is 17.3. The number of aromatic nitrogens is 4. The van der Waals surface area contributed by atoms with Crippen molar-refractivity contribution in [3.8, 4) is 28.3 Å². The second-order valence-corrected chi connectivity index (χ2v) is 8.00. The van der Waals surface area contributed by atoms with Crippen LogP contribution in [-0.2, 0) is 5.75 Å². The summed E-state index contributed by atoms with van der Waals surface area (Å²) in [6.07, 6.45) is 1.98. The summed E-state index contributed by atoms with van der Waals surface area (Å²) in [5, 5.41) is 3.17. The third-order valence-corrected chi connectivity index (χ3v) is 5.76. The van der Waals surface area contributed by atoms with Crippen LogP contribution in [0.25, 0.3) is 39.3 Å². The van der Waals surface area contributed by atoms with Crippen molar-refractivity contribution < 1.29 is 9.15 Å². The van der Waals surface area contributed by atoms with Gasteiger partial charge in [-0.15, -0.1) is 0 Å². The lowest BCUT2D eigenvalue weighted by molar-refractivity contribution is 0.419. The van der Waals surface area contributed by atoms with Crippen molar-refractivity contribution in [1.82, 2.24) is 19.6 Å². The van der Waals surface area contributed by atoms with E-state index in [9.17, 15) is 4.79 Å². The topological polar surface area (TPSA) is 85.4 Å². The Hall–Kier alpha value is -3.52. The Morgan fingerprint density at radius 3 is 2.65 bits per heavy atom. The first-order valence-electron chi connectivity index (χ1n) is 9.75. The number of oxazole rings is 1. The number of aromatic amines is 1. The molecular formula is C23H20N4O3S. The van der Waals surface area contributed by atoms with Gasteiger partial charge in [0, 0.05) is 17.0 Å². The Morgan fingerprint density at radius 1 is 1.10 bits per heavy atom. The molecule has 0 fully saturated rings. The molecule has 0 saturated heterocycles. The highest BCUT2D eigenvalue weighted by atomic mass is 32.2. The minimum atomic E-state index is -0.246. The van der Waals surface area contributed by atoms with E-state index >= 15 is 0 Å². The highest BCUT2D eigenvalue weighted by Gasteiger charge is 2.24. The fourth-order valence-corrected chi connectivity index (χ4v) is 4.31. The van der Waals surface area contributed by atoms with E-state index in [2.05, 4.69) is 10.1 Å². The zero-order valence-corrected chi connectivity index (χ0v) is 18.1. The van der Waals surface area contributed by atoms with Crippen molar-refractivity contribution in [1.29, 1.82) is 0 Å². The van der Waals surface area contributed by atoms with E-state index in [-0.39, 0.29) is 11.4 Å². The number of fused-ring (bicyclic) bond motifs is 2. The van der Waals surface area contributed by atoms with Crippen LogP contribution in [0.5, 0.6) is 5.75 Å². The van der Waals surface area contributed by atoms with E-state index in [0.29, 0.717) is 39.5 Å². The van der Waals surface area contributed by atoms with Gasteiger partial charge in [0.25, 0.3) is 5.56 Å². The van der Waals surface area contributed by atoms with Crippen LogP contribution in [0, 0.1) is 6.92 Å². The van der Waals surface area contributed by atoms with Crippen LogP contribution in [0.4, 0.5) is 0 Å². The molecule has 0 aliphatic heterocycles. The maximum Gasteiger partial charge on any atom is 0.285 e. The van der Waals surface area contributed by atoms with Crippen LogP contribution in [0.2, 0.25) is 0 Å². The number of nitrogens with one attached hydrogen (secondary N) is 1. The van der Waals surface area contributed by atoms with Crippen molar-refractivity contribution in [2.75, 3.05) is 13.4 Å². The number of H-pyrrole nitrogens is 1. The minimum Gasteiger partial charge on any atom is -0.494 e. The lowest BCUT2D eigenvalue weighted by atomic mass is 10.1. The molecule has 0 radical (unpaired) electrons. The van der Waals surface area contributed by atoms with Crippen molar-refractivity contribution in [3.63, 3.8) is 0 Å². The zero-order chi connectivity index (χ0) is 21.5. The first-order chi connectivity index (χ1) is 15.1. The van der Waals surface area contributed by atoms with Gasteiger partial charge in [-0.05, 0) is 30.9 Å². The number of thioether (sulfide) groups is 1. The molecule has 0 saturated carbocycles. The molecule has 3 heterocycles. The fourth-order valence-electron chi connectivity index (χ4n) is 3.83. The highest BCUT2D eigenvalue weighted by molar-refractivity contribution is 7.97. The van der Waals surface area contributed by atoms with Gasteiger partial charge in [0.2, 0.25) is 5.89 Å². The monoisotopic (exact) mass is 432 g/mol. The molecule has 0 amide bonds. The SMILES string of the molecule is COc1cccc2oc(-c3c(CSC)nc4c(-c5ccccc5)c(C)[nH]n4c3=O)nc12. The molecule has 0 bridgehead atoms. The molecule has 7 nitrogen and oxygen atoms in total. The molecule has 3 aromatic heterocycles. The second-order valence-electron chi connectivity index (χ2n) is 7.13. The van der Waals surface area contributed by atoms with Gasteiger partial charge in [0.1, 0.15) is 11.3 Å².